The Morgan fingerprint density at radius 1 is 1.20 bits per heavy atom. The maximum atomic E-state index is 6.02. The van der Waals surface area contributed by atoms with Crippen molar-refractivity contribution in [3.05, 3.63) is 0 Å². The fourth-order valence-electron chi connectivity index (χ4n) is 0.655. The van der Waals surface area contributed by atoms with E-state index in [0.717, 1.165) is 30.8 Å². The summed E-state index contributed by atoms with van der Waals surface area (Å²) in [4.78, 5) is 0. The van der Waals surface area contributed by atoms with Gasteiger partial charge in [-0.3, -0.25) is 0 Å². The molecule has 0 saturated heterocycles. The van der Waals surface area contributed by atoms with Crippen LogP contribution in [0.1, 0.15) is 19.8 Å². The minimum absolute atomic E-state index is 0.724. The zero-order valence-corrected chi connectivity index (χ0v) is 9.44. The fourth-order valence-corrected chi connectivity index (χ4v) is 2.77. The van der Waals surface area contributed by atoms with Crippen molar-refractivity contribution in [1.82, 2.24) is 0 Å². The van der Waals surface area contributed by atoms with Crippen molar-refractivity contribution < 1.29 is 0 Å². The Morgan fingerprint density at radius 3 is 2.20 bits per heavy atom. The highest BCUT2D eigenvalue weighted by Gasteiger charge is 2.24. The highest BCUT2D eigenvalue weighted by atomic mass is 35.7. The monoisotopic (exact) mass is 218 g/mol. The van der Waals surface area contributed by atoms with Gasteiger partial charge in [0.2, 0.25) is 0 Å². The molecule has 0 bridgehead atoms. The van der Waals surface area contributed by atoms with Crippen LogP contribution in [0.5, 0.6) is 0 Å². The Hall–Kier alpha value is 1.09. The van der Waals surface area contributed by atoms with E-state index < -0.39 is 6.69 Å². The van der Waals surface area contributed by atoms with Crippen LogP contribution < -0.4 is 0 Å². The Balaban J connectivity index is 3.28. The van der Waals surface area contributed by atoms with Crippen LogP contribution in [-0.4, -0.2) is 12.6 Å². The van der Waals surface area contributed by atoms with Gasteiger partial charge in [0.15, 0.2) is 0 Å². The first-order valence-electron chi connectivity index (χ1n) is 3.56. The highest BCUT2D eigenvalue weighted by Crippen LogP contribution is 2.26. The van der Waals surface area contributed by atoms with Gasteiger partial charge in [-0.05, 0) is 18.5 Å². The first-order valence-corrected chi connectivity index (χ1v) is 8.53. The van der Waals surface area contributed by atoms with Crippen LogP contribution in [0, 0.1) is 0 Å². The molecule has 0 unspecified atom stereocenters. The SMILES string of the molecule is CC[Si](Cl)(Cl)CCCCCl. The normalized spacial score (nSPS) is 12.0. The topological polar surface area (TPSA) is 0 Å². The van der Waals surface area contributed by atoms with Crippen molar-refractivity contribution in [2.24, 2.45) is 0 Å². The van der Waals surface area contributed by atoms with Crippen LogP contribution in [0.3, 0.4) is 0 Å². The van der Waals surface area contributed by atoms with Crippen LogP contribution in [0.4, 0.5) is 0 Å². The molecule has 0 rings (SSSR count). The van der Waals surface area contributed by atoms with E-state index in [-0.39, 0.29) is 0 Å². The third-order valence-electron chi connectivity index (χ3n) is 1.44. The van der Waals surface area contributed by atoms with Crippen molar-refractivity contribution in [2.45, 2.75) is 31.9 Å². The molecule has 0 aromatic rings. The molecule has 0 radical (unpaired) electrons. The Kier molecular flexibility index (Phi) is 6.32. The maximum absolute atomic E-state index is 6.02. The summed E-state index contributed by atoms with van der Waals surface area (Å²) in [5.41, 5.74) is 0. The second-order valence-corrected chi connectivity index (χ2v) is 10.6. The molecule has 0 atom stereocenters. The first-order chi connectivity index (χ1) is 4.62. The van der Waals surface area contributed by atoms with Gasteiger partial charge in [0.05, 0.1) is 0 Å². The number of unbranched alkanes of at least 4 members (excludes halogenated alkanes) is 1. The van der Waals surface area contributed by atoms with Gasteiger partial charge in [0, 0.05) is 5.88 Å². The molecular weight excluding hydrogens is 207 g/mol. The molecule has 0 aromatic heterocycles. The Morgan fingerprint density at radius 2 is 1.80 bits per heavy atom. The third kappa shape index (κ3) is 5.84. The van der Waals surface area contributed by atoms with E-state index in [1.165, 1.54) is 0 Å². The van der Waals surface area contributed by atoms with Crippen LogP contribution in [0.25, 0.3) is 0 Å². The van der Waals surface area contributed by atoms with Crippen molar-refractivity contribution in [2.75, 3.05) is 5.88 Å². The molecule has 0 saturated carbocycles. The summed E-state index contributed by atoms with van der Waals surface area (Å²) in [5, 5.41) is 0. The van der Waals surface area contributed by atoms with Crippen molar-refractivity contribution >= 4 is 40.5 Å². The van der Waals surface area contributed by atoms with Crippen LogP contribution in [0.15, 0.2) is 0 Å². The predicted octanol–water partition coefficient (Wildman–Crippen LogP) is 3.95. The lowest BCUT2D eigenvalue weighted by Gasteiger charge is -2.12. The molecule has 0 aliphatic carbocycles. The van der Waals surface area contributed by atoms with Gasteiger partial charge in [0.25, 0.3) is 6.69 Å². The van der Waals surface area contributed by atoms with E-state index in [9.17, 15) is 0 Å². The van der Waals surface area contributed by atoms with E-state index in [0.29, 0.717) is 0 Å². The first kappa shape index (κ1) is 11.1. The van der Waals surface area contributed by atoms with Crippen molar-refractivity contribution in [3.8, 4) is 0 Å². The van der Waals surface area contributed by atoms with Crippen LogP contribution in [-0.2, 0) is 0 Å². The minimum atomic E-state index is -1.83. The van der Waals surface area contributed by atoms with E-state index in [1.807, 2.05) is 6.92 Å². The molecule has 0 aromatic carbocycles. The number of rotatable bonds is 5. The highest BCUT2D eigenvalue weighted by molar-refractivity contribution is 7.45. The molecule has 62 valence electrons. The molecule has 0 amide bonds. The van der Waals surface area contributed by atoms with Crippen molar-refractivity contribution in [3.63, 3.8) is 0 Å². The minimum Gasteiger partial charge on any atom is -0.146 e. The quantitative estimate of drug-likeness (QED) is 0.284. The number of alkyl halides is 1. The molecule has 0 spiro atoms. The molecule has 0 heterocycles. The van der Waals surface area contributed by atoms with Gasteiger partial charge in [-0.2, -0.15) is 0 Å². The molecular formula is C6H13Cl3Si. The van der Waals surface area contributed by atoms with Gasteiger partial charge in [0.1, 0.15) is 0 Å². The second kappa shape index (κ2) is 5.70. The van der Waals surface area contributed by atoms with Gasteiger partial charge in [-0.25, -0.2) is 0 Å². The summed E-state index contributed by atoms with van der Waals surface area (Å²) in [7, 11) is 0. The Labute approximate surface area is 78.3 Å². The average Bonchev–Trinajstić information content (AvgIpc) is 1.89. The number of hydrogen-bond acceptors (Lipinski definition) is 0. The maximum Gasteiger partial charge on any atom is 0.251 e. The standard InChI is InChI=1S/C6H13Cl3Si/c1-2-10(8,9)6-4-3-5-7/h2-6H2,1H3. The summed E-state index contributed by atoms with van der Waals surface area (Å²) in [5.74, 6) is 0.724. The smallest absolute Gasteiger partial charge is 0.146 e. The average molecular weight is 220 g/mol. The predicted molar refractivity (Wildman–Crippen MR) is 52.7 cm³/mol. The Bertz CT molecular complexity index is 85.1. The molecule has 0 nitrogen and oxygen atoms in total. The largest absolute Gasteiger partial charge is 0.251 e. The molecule has 0 N–H and O–H groups in total. The molecule has 0 aliphatic rings. The van der Waals surface area contributed by atoms with Gasteiger partial charge < -0.3 is 0 Å². The van der Waals surface area contributed by atoms with E-state index in [1.54, 1.807) is 0 Å². The summed E-state index contributed by atoms with van der Waals surface area (Å²) < 4.78 is 0. The lowest BCUT2D eigenvalue weighted by Crippen LogP contribution is -2.16. The molecule has 4 heteroatoms. The van der Waals surface area contributed by atoms with E-state index in [2.05, 4.69) is 0 Å². The molecule has 10 heavy (non-hydrogen) atoms. The number of hydrogen-bond donors (Lipinski definition) is 0. The summed E-state index contributed by atoms with van der Waals surface area (Å²) >= 11 is 17.5. The third-order valence-corrected chi connectivity index (χ3v) is 6.57. The number of halogens is 3. The van der Waals surface area contributed by atoms with Gasteiger partial charge >= 0.3 is 0 Å². The zero-order chi connectivity index (χ0) is 8.04. The van der Waals surface area contributed by atoms with Gasteiger partial charge in [-0.15, -0.1) is 33.8 Å². The molecule has 0 aliphatic heterocycles. The lowest BCUT2D eigenvalue weighted by molar-refractivity contribution is 0.880. The van der Waals surface area contributed by atoms with Gasteiger partial charge in [-0.1, -0.05) is 13.3 Å². The van der Waals surface area contributed by atoms with E-state index in [4.69, 9.17) is 33.8 Å². The second-order valence-electron chi connectivity index (χ2n) is 2.36. The summed E-state index contributed by atoms with van der Waals surface area (Å²) in [6, 6.07) is 1.93. The summed E-state index contributed by atoms with van der Waals surface area (Å²) in [6.45, 7) is 0.220. The fraction of sp³-hybridized carbons (Fsp3) is 1.00. The lowest BCUT2D eigenvalue weighted by atomic mass is 10.4. The van der Waals surface area contributed by atoms with Crippen LogP contribution in [0.2, 0.25) is 12.1 Å². The summed E-state index contributed by atoms with van der Waals surface area (Å²) in [6.07, 6.45) is 2.12. The van der Waals surface area contributed by atoms with Crippen LogP contribution >= 0.6 is 33.8 Å². The molecule has 0 fully saturated rings. The zero-order valence-electron chi connectivity index (χ0n) is 6.17. The van der Waals surface area contributed by atoms with Crippen molar-refractivity contribution in [1.29, 1.82) is 0 Å². The van der Waals surface area contributed by atoms with E-state index >= 15 is 0 Å².